The second-order valence-corrected chi connectivity index (χ2v) is 5.17. The van der Waals surface area contributed by atoms with Gasteiger partial charge in [0.25, 0.3) is 5.69 Å². The summed E-state index contributed by atoms with van der Waals surface area (Å²) >= 11 is 3.42. The van der Waals surface area contributed by atoms with Gasteiger partial charge in [-0.3, -0.25) is 10.1 Å². The smallest absolute Gasteiger partial charge is 0.269 e. The van der Waals surface area contributed by atoms with Crippen LogP contribution in [0.5, 0.6) is 11.5 Å². The van der Waals surface area contributed by atoms with E-state index in [2.05, 4.69) is 15.9 Å². The molecule has 0 saturated heterocycles. The van der Waals surface area contributed by atoms with E-state index >= 15 is 0 Å². The van der Waals surface area contributed by atoms with Gasteiger partial charge in [-0.05, 0) is 39.7 Å². The third-order valence-electron chi connectivity index (χ3n) is 2.93. The quantitative estimate of drug-likeness (QED) is 0.583. The van der Waals surface area contributed by atoms with Crippen molar-refractivity contribution in [3.8, 4) is 11.5 Å². The van der Waals surface area contributed by atoms with Crippen molar-refractivity contribution in [2.75, 3.05) is 13.7 Å². The van der Waals surface area contributed by atoms with Crippen molar-refractivity contribution in [3.05, 3.63) is 62.6 Å². The summed E-state index contributed by atoms with van der Waals surface area (Å²) in [5.74, 6) is 1.49. The third-order valence-corrected chi connectivity index (χ3v) is 3.55. The van der Waals surface area contributed by atoms with Crippen LogP contribution in [0.25, 0.3) is 0 Å². The molecule has 5 nitrogen and oxygen atoms in total. The molecular formula is C15H14BrNO4. The van der Waals surface area contributed by atoms with Crippen molar-refractivity contribution in [2.24, 2.45) is 0 Å². The lowest BCUT2D eigenvalue weighted by Gasteiger charge is -2.09. The first-order chi connectivity index (χ1) is 10.1. The predicted octanol–water partition coefficient (Wildman–Crippen LogP) is 3.99. The van der Waals surface area contributed by atoms with Crippen LogP contribution in [0.4, 0.5) is 5.69 Å². The zero-order valence-corrected chi connectivity index (χ0v) is 13.0. The van der Waals surface area contributed by atoms with Gasteiger partial charge in [-0.2, -0.15) is 0 Å². The van der Waals surface area contributed by atoms with Crippen LogP contribution in [-0.2, 0) is 6.42 Å². The summed E-state index contributed by atoms with van der Waals surface area (Å²) in [5, 5.41) is 10.6. The van der Waals surface area contributed by atoms with Gasteiger partial charge in [0.1, 0.15) is 11.5 Å². The molecule has 0 aliphatic carbocycles. The number of rotatable bonds is 6. The molecule has 0 bridgehead atoms. The number of methoxy groups -OCH3 is 1. The maximum Gasteiger partial charge on any atom is 0.269 e. The number of nitrogens with zero attached hydrogens (tertiary/aromatic N) is 1. The van der Waals surface area contributed by atoms with Gasteiger partial charge < -0.3 is 9.47 Å². The van der Waals surface area contributed by atoms with Gasteiger partial charge in [0, 0.05) is 18.6 Å². The van der Waals surface area contributed by atoms with Gasteiger partial charge in [0.05, 0.1) is 23.1 Å². The number of halogens is 1. The molecule has 2 aromatic carbocycles. The molecule has 0 aromatic heterocycles. The Kier molecular flexibility index (Phi) is 5.16. The van der Waals surface area contributed by atoms with Crippen LogP contribution in [0.2, 0.25) is 0 Å². The molecule has 0 atom stereocenters. The maximum atomic E-state index is 10.6. The highest BCUT2D eigenvalue weighted by molar-refractivity contribution is 9.10. The highest BCUT2D eigenvalue weighted by Gasteiger charge is 2.05. The Labute approximate surface area is 130 Å². The summed E-state index contributed by atoms with van der Waals surface area (Å²) in [5.41, 5.74) is 1.09. The molecule has 21 heavy (non-hydrogen) atoms. The lowest BCUT2D eigenvalue weighted by atomic mass is 10.1. The summed E-state index contributed by atoms with van der Waals surface area (Å²) in [6.45, 7) is 0.489. The van der Waals surface area contributed by atoms with Gasteiger partial charge >= 0.3 is 0 Å². The number of hydrogen-bond acceptors (Lipinski definition) is 4. The monoisotopic (exact) mass is 351 g/mol. The maximum absolute atomic E-state index is 10.6. The molecule has 2 aromatic rings. The second kappa shape index (κ2) is 7.08. The molecule has 0 unspecified atom stereocenters. The van der Waals surface area contributed by atoms with E-state index in [0.717, 1.165) is 21.5 Å². The Morgan fingerprint density at radius 1 is 1.19 bits per heavy atom. The predicted molar refractivity (Wildman–Crippen MR) is 83.0 cm³/mol. The number of ether oxygens (including phenoxy) is 2. The van der Waals surface area contributed by atoms with E-state index in [1.165, 1.54) is 12.1 Å². The molecule has 0 aliphatic rings. The molecule has 0 heterocycles. The van der Waals surface area contributed by atoms with E-state index in [1.807, 2.05) is 18.2 Å². The van der Waals surface area contributed by atoms with Crippen LogP contribution in [0, 0.1) is 10.1 Å². The minimum absolute atomic E-state index is 0.0950. The normalized spacial score (nSPS) is 10.2. The molecule has 0 N–H and O–H groups in total. The van der Waals surface area contributed by atoms with Gasteiger partial charge in [0.15, 0.2) is 0 Å². The fourth-order valence-electron chi connectivity index (χ4n) is 1.79. The Morgan fingerprint density at radius 3 is 2.48 bits per heavy atom. The van der Waals surface area contributed by atoms with Gasteiger partial charge in [-0.15, -0.1) is 0 Å². The minimum atomic E-state index is -0.408. The molecule has 6 heteroatoms. The Bertz CT molecular complexity index is 628. The Balaban J connectivity index is 1.90. The number of benzene rings is 2. The average Bonchev–Trinajstić information content (AvgIpc) is 2.49. The van der Waals surface area contributed by atoms with Crippen molar-refractivity contribution >= 4 is 21.6 Å². The largest absolute Gasteiger partial charge is 0.497 e. The van der Waals surface area contributed by atoms with E-state index in [4.69, 9.17) is 9.47 Å². The summed E-state index contributed by atoms with van der Waals surface area (Å²) in [4.78, 5) is 10.2. The Hall–Kier alpha value is -2.08. The SMILES string of the molecule is COc1ccc(OCCc2ccc([N+](=O)[O-])cc2)c(Br)c1. The average molecular weight is 352 g/mol. The first kappa shape index (κ1) is 15.3. The van der Waals surface area contributed by atoms with Crippen molar-refractivity contribution in [2.45, 2.75) is 6.42 Å². The molecule has 0 saturated carbocycles. The lowest BCUT2D eigenvalue weighted by Crippen LogP contribution is -2.02. The molecule has 0 radical (unpaired) electrons. The summed E-state index contributed by atoms with van der Waals surface area (Å²) in [7, 11) is 1.61. The van der Waals surface area contributed by atoms with E-state index in [9.17, 15) is 10.1 Å². The number of hydrogen-bond donors (Lipinski definition) is 0. The van der Waals surface area contributed by atoms with Crippen LogP contribution in [-0.4, -0.2) is 18.6 Å². The van der Waals surface area contributed by atoms with Gasteiger partial charge in [-0.25, -0.2) is 0 Å². The minimum Gasteiger partial charge on any atom is -0.497 e. The van der Waals surface area contributed by atoms with Crippen molar-refractivity contribution in [3.63, 3.8) is 0 Å². The summed E-state index contributed by atoms with van der Waals surface area (Å²) in [6.07, 6.45) is 0.677. The number of non-ortho nitro benzene ring substituents is 1. The van der Waals surface area contributed by atoms with Crippen LogP contribution in [0.3, 0.4) is 0 Å². The lowest BCUT2D eigenvalue weighted by molar-refractivity contribution is -0.384. The standard InChI is InChI=1S/C15H14BrNO4/c1-20-13-6-7-15(14(16)10-13)21-9-8-11-2-4-12(5-3-11)17(18)19/h2-7,10H,8-9H2,1H3. The van der Waals surface area contributed by atoms with E-state index in [0.29, 0.717) is 13.0 Å². The van der Waals surface area contributed by atoms with Crippen LogP contribution in [0.1, 0.15) is 5.56 Å². The van der Waals surface area contributed by atoms with Crippen molar-refractivity contribution in [1.29, 1.82) is 0 Å². The topological polar surface area (TPSA) is 61.6 Å². The zero-order valence-electron chi connectivity index (χ0n) is 11.4. The van der Waals surface area contributed by atoms with E-state index in [1.54, 1.807) is 19.2 Å². The fraction of sp³-hybridized carbons (Fsp3) is 0.200. The van der Waals surface area contributed by atoms with Gasteiger partial charge in [0.2, 0.25) is 0 Å². The number of nitro benzene ring substituents is 1. The summed E-state index contributed by atoms with van der Waals surface area (Å²) < 4.78 is 11.6. The molecule has 110 valence electrons. The van der Waals surface area contributed by atoms with E-state index < -0.39 is 4.92 Å². The Morgan fingerprint density at radius 2 is 1.90 bits per heavy atom. The number of nitro groups is 1. The highest BCUT2D eigenvalue weighted by Crippen LogP contribution is 2.29. The molecule has 0 spiro atoms. The second-order valence-electron chi connectivity index (χ2n) is 4.32. The molecule has 0 aliphatic heterocycles. The van der Waals surface area contributed by atoms with Crippen LogP contribution in [0.15, 0.2) is 46.9 Å². The molecule has 0 amide bonds. The van der Waals surface area contributed by atoms with Crippen molar-refractivity contribution < 1.29 is 14.4 Å². The molecule has 2 rings (SSSR count). The third kappa shape index (κ3) is 4.19. The molecular weight excluding hydrogens is 338 g/mol. The summed E-state index contributed by atoms with van der Waals surface area (Å²) in [6, 6.07) is 12.0. The highest BCUT2D eigenvalue weighted by atomic mass is 79.9. The first-order valence-electron chi connectivity index (χ1n) is 6.30. The van der Waals surface area contributed by atoms with Crippen LogP contribution < -0.4 is 9.47 Å². The van der Waals surface area contributed by atoms with Crippen molar-refractivity contribution in [1.82, 2.24) is 0 Å². The van der Waals surface area contributed by atoms with Gasteiger partial charge in [-0.1, -0.05) is 12.1 Å². The van der Waals surface area contributed by atoms with E-state index in [-0.39, 0.29) is 5.69 Å². The first-order valence-corrected chi connectivity index (χ1v) is 7.09. The zero-order chi connectivity index (χ0) is 15.2. The fourth-order valence-corrected chi connectivity index (χ4v) is 2.26. The molecule has 0 fully saturated rings. The van der Waals surface area contributed by atoms with Crippen LogP contribution >= 0.6 is 15.9 Å².